The fourth-order valence-electron chi connectivity index (χ4n) is 2.83. The topological polar surface area (TPSA) is 12.0 Å². The largest absolute Gasteiger partial charge is 0.312 e. The summed E-state index contributed by atoms with van der Waals surface area (Å²) in [6.07, 6.45) is 8.71. The third-order valence-electron chi connectivity index (χ3n) is 3.81. The lowest BCUT2D eigenvalue weighted by Crippen LogP contribution is -2.40. The SMILES string of the molecule is CCNC(C)(C)CC(C)CCC1CCC1. The Morgan fingerprint density at radius 2 is 2.00 bits per heavy atom. The van der Waals surface area contributed by atoms with Crippen molar-refractivity contribution in [1.29, 1.82) is 0 Å². The van der Waals surface area contributed by atoms with Crippen molar-refractivity contribution < 1.29 is 0 Å². The third kappa shape index (κ3) is 5.01. The first kappa shape index (κ1) is 13.0. The molecule has 1 aliphatic rings. The lowest BCUT2D eigenvalue weighted by atomic mass is 9.79. The van der Waals surface area contributed by atoms with Crippen LogP contribution in [0.15, 0.2) is 0 Å². The van der Waals surface area contributed by atoms with Crippen LogP contribution in [0.5, 0.6) is 0 Å². The van der Waals surface area contributed by atoms with Crippen LogP contribution in [0, 0.1) is 11.8 Å². The highest BCUT2D eigenvalue weighted by atomic mass is 14.9. The maximum absolute atomic E-state index is 3.57. The highest BCUT2D eigenvalue weighted by molar-refractivity contribution is 4.80. The van der Waals surface area contributed by atoms with Crippen LogP contribution < -0.4 is 5.32 Å². The molecule has 1 unspecified atom stereocenters. The normalized spacial score (nSPS) is 20.0. The first-order valence-corrected chi connectivity index (χ1v) is 6.78. The van der Waals surface area contributed by atoms with Crippen LogP contribution in [-0.4, -0.2) is 12.1 Å². The van der Waals surface area contributed by atoms with Gasteiger partial charge >= 0.3 is 0 Å². The van der Waals surface area contributed by atoms with E-state index in [4.69, 9.17) is 0 Å². The lowest BCUT2D eigenvalue weighted by molar-refractivity contribution is 0.246. The zero-order valence-electron chi connectivity index (χ0n) is 11.1. The molecule has 15 heavy (non-hydrogen) atoms. The molecular weight excluding hydrogens is 182 g/mol. The van der Waals surface area contributed by atoms with Crippen molar-refractivity contribution >= 4 is 0 Å². The molecule has 1 saturated carbocycles. The summed E-state index contributed by atoms with van der Waals surface area (Å²) in [6, 6.07) is 0. The van der Waals surface area contributed by atoms with Crippen LogP contribution in [0.2, 0.25) is 0 Å². The number of hydrogen-bond donors (Lipinski definition) is 1. The highest BCUT2D eigenvalue weighted by Gasteiger charge is 2.22. The summed E-state index contributed by atoms with van der Waals surface area (Å²) in [5.74, 6) is 1.95. The smallest absolute Gasteiger partial charge is 0.0127 e. The van der Waals surface area contributed by atoms with E-state index in [1.807, 2.05) is 0 Å². The van der Waals surface area contributed by atoms with Crippen molar-refractivity contribution in [1.82, 2.24) is 5.32 Å². The van der Waals surface area contributed by atoms with Crippen molar-refractivity contribution in [3.63, 3.8) is 0 Å². The van der Waals surface area contributed by atoms with Crippen LogP contribution in [0.1, 0.15) is 66.2 Å². The summed E-state index contributed by atoms with van der Waals surface area (Å²) in [5, 5.41) is 3.57. The second-order valence-corrected chi connectivity index (χ2v) is 6.10. The predicted molar refractivity (Wildman–Crippen MR) is 68.1 cm³/mol. The molecule has 0 heterocycles. The van der Waals surface area contributed by atoms with E-state index in [-0.39, 0.29) is 0 Å². The molecule has 1 fully saturated rings. The number of rotatable bonds is 7. The Morgan fingerprint density at radius 3 is 2.47 bits per heavy atom. The van der Waals surface area contributed by atoms with Gasteiger partial charge in [0.15, 0.2) is 0 Å². The summed E-state index contributed by atoms with van der Waals surface area (Å²) in [7, 11) is 0. The van der Waals surface area contributed by atoms with Gasteiger partial charge in [0.05, 0.1) is 0 Å². The number of hydrogen-bond acceptors (Lipinski definition) is 1. The molecule has 1 heteroatoms. The zero-order valence-corrected chi connectivity index (χ0v) is 11.1. The second-order valence-electron chi connectivity index (χ2n) is 6.10. The molecule has 0 aromatic rings. The van der Waals surface area contributed by atoms with Gasteiger partial charge in [0.2, 0.25) is 0 Å². The summed E-state index contributed by atoms with van der Waals surface area (Å²) in [5.41, 5.74) is 0.327. The minimum atomic E-state index is 0.327. The summed E-state index contributed by atoms with van der Waals surface area (Å²) < 4.78 is 0. The predicted octanol–water partition coefficient (Wildman–Crippen LogP) is 3.98. The van der Waals surface area contributed by atoms with Crippen molar-refractivity contribution in [3.05, 3.63) is 0 Å². The summed E-state index contributed by atoms with van der Waals surface area (Å²) in [4.78, 5) is 0. The minimum Gasteiger partial charge on any atom is -0.312 e. The first-order valence-electron chi connectivity index (χ1n) is 6.78. The Labute approximate surface area is 96.0 Å². The van der Waals surface area contributed by atoms with E-state index in [2.05, 4.69) is 33.0 Å². The quantitative estimate of drug-likeness (QED) is 0.671. The number of nitrogens with one attached hydrogen (secondary N) is 1. The Morgan fingerprint density at radius 1 is 1.33 bits per heavy atom. The lowest BCUT2D eigenvalue weighted by Gasteiger charge is -2.31. The van der Waals surface area contributed by atoms with Crippen molar-refractivity contribution in [2.75, 3.05) is 6.54 Å². The van der Waals surface area contributed by atoms with E-state index in [9.17, 15) is 0 Å². The van der Waals surface area contributed by atoms with Crippen LogP contribution in [0.25, 0.3) is 0 Å². The molecule has 0 amide bonds. The molecular formula is C14H29N. The third-order valence-corrected chi connectivity index (χ3v) is 3.81. The van der Waals surface area contributed by atoms with E-state index in [1.54, 1.807) is 0 Å². The van der Waals surface area contributed by atoms with Gasteiger partial charge in [0, 0.05) is 5.54 Å². The Hall–Kier alpha value is -0.0400. The Balaban J connectivity index is 2.12. The van der Waals surface area contributed by atoms with Crippen molar-refractivity contribution in [3.8, 4) is 0 Å². The van der Waals surface area contributed by atoms with Gasteiger partial charge in [-0.05, 0) is 38.6 Å². The van der Waals surface area contributed by atoms with Crippen LogP contribution >= 0.6 is 0 Å². The second kappa shape index (κ2) is 5.89. The fraction of sp³-hybridized carbons (Fsp3) is 1.00. The summed E-state index contributed by atoms with van der Waals surface area (Å²) in [6.45, 7) is 10.4. The molecule has 0 bridgehead atoms. The molecule has 1 rings (SSSR count). The van der Waals surface area contributed by atoms with Gasteiger partial charge in [-0.1, -0.05) is 46.0 Å². The van der Waals surface area contributed by atoms with Crippen LogP contribution in [0.4, 0.5) is 0 Å². The molecule has 0 spiro atoms. The fourth-order valence-corrected chi connectivity index (χ4v) is 2.83. The standard InChI is InChI=1S/C14H29N/c1-5-15-14(3,4)11-12(2)9-10-13-7-6-8-13/h12-13,15H,5-11H2,1-4H3. The van der Waals surface area contributed by atoms with E-state index in [1.165, 1.54) is 38.5 Å². The van der Waals surface area contributed by atoms with Crippen LogP contribution in [-0.2, 0) is 0 Å². The van der Waals surface area contributed by atoms with Gasteiger partial charge in [-0.25, -0.2) is 0 Å². The van der Waals surface area contributed by atoms with Gasteiger partial charge in [-0.3, -0.25) is 0 Å². The molecule has 0 radical (unpaired) electrons. The highest BCUT2D eigenvalue weighted by Crippen LogP contribution is 2.32. The van der Waals surface area contributed by atoms with E-state index in [0.29, 0.717) is 5.54 Å². The molecule has 90 valence electrons. The minimum absolute atomic E-state index is 0.327. The average Bonchev–Trinajstić information content (AvgIpc) is 1.99. The molecule has 0 aromatic carbocycles. The van der Waals surface area contributed by atoms with Crippen molar-refractivity contribution in [2.45, 2.75) is 71.8 Å². The van der Waals surface area contributed by atoms with E-state index in [0.717, 1.165) is 18.4 Å². The maximum atomic E-state index is 3.57. The molecule has 1 atom stereocenters. The van der Waals surface area contributed by atoms with Crippen LogP contribution in [0.3, 0.4) is 0 Å². The Kier molecular flexibility index (Phi) is 5.11. The van der Waals surface area contributed by atoms with Gasteiger partial charge in [-0.15, -0.1) is 0 Å². The summed E-state index contributed by atoms with van der Waals surface area (Å²) >= 11 is 0. The van der Waals surface area contributed by atoms with E-state index >= 15 is 0 Å². The molecule has 1 aliphatic carbocycles. The van der Waals surface area contributed by atoms with E-state index < -0.39 is 0 Å². The average molecular weight is 211 g/mol. The van der Waals surface area contributed by atoms with Gasteiger partial charge < -0.3 is 5.32 Å². The molecule has 0 aromatic heterocycles. The molecule has 0 saturated heterocycles. The van der Waals surface area contributed by atoms with Gasteiger partial charge in [0.1, 0.15) is 0 Å². The zero-order chi connectivity index (χ0) is 11.3. The first-order chi connectivity index (χ1) is 7.03. The Bertz CT molecular complexity index is 170. The maximum Gasteiger partial charge on any atom is 0.0127 e. The van der Waals surface area contributed by atoms with Gasteiger partial charge in [0.25, 0.3) is 0 Å². The van der Waals surface area contributed by atoms with Gasteiger partial charge in [-0.2, -0.15) is 0 Å². The van der Waals surface area contributed by atoms with Crippen molar-refractivity contribution in [2.24, 2.45) is 11.8 Å². The monoisotopic (exact) mass is 211 g/mol. The molecule has 1 nitrogen and oxygen atoms in total. The molecule has 1 N–H and O–H groups in total. The molecule has 0 aliphatic heterocycles.